The predicted octanol–water partition coefficient (Wildman–Crippen LogP) is 2.91. The van der Waals surface area contributed by atoms with Gasteiger partial charge >= 0.3 is 5.69 Å². The van der Waals surface area contributed by atoms with E-state index in [2.05, 4.69) is 4.98 Å². The first-order valence-electron chi connectivity index (χ1n) is 7.04. The van der Waals surface area contributed by atoms with Gasteiger partial charge in [0.2, 0.25) is 0 Å². The van der Waals surface area contributed by atoms with Crippen LogP contribution >= 0.6 is 0 Å². The van der Waals surface area contributed by atoms with Crippen molar-refractivity contribution in [1.82, 2.24) is 9.55 Å². The normalized spacial score (nSPS) is 12.0. The Hall–Kier alpha value is -2.40. The maximum atomic E-state index is 13.0. The van der Waals surface area contributed by atoms with Crippen LogP contribution in [0.4, 0.5) is 4.39 Å². The molecule has 2 aromatic carbocycles. The minimum Gasteiger partial charge on any atom is -0.389 e. The highest BCUT2D eigenvalue weighted by Crippen LogP contribution is 2.24. The second kappa shape index (κ2) is 5.10. The van der Waals surface area contributed by atoms with Crippen molar-refractivity contribution in [2.24, 2.45) is 0 Å². The van der Waals surface area contributed by atoms with Crippen molar-refractivity contribution in [1.29, 1.82) is 0 Å². The molecule has 0 unspecified atom stereocenters. The molecule has 0 saturated carbocycles. The van der Waals surface area contributed by atoms with Gasteiger partial charge in [-0.1, -0.05) is 18.2 Å². The number of aromatic amines is 1. The monoisotopic (exact) mass is 300 g/mol. The summed E-state index contributed by atoms with van der Waals surface area (Å²) in [6.45, 7) is 3.50. The fraction of sp³-hybridized carbons (Fsp3) is 0.235. The first kappa shape index (κ1) is 14.5. The number of fused-ring (bicyclic) bond motifs is 1. The van der Waals surface area contributed by atoms with Gasteiger partial charge in [0.15, 0.2) is 0 Å². The van der Waals surface area contributed by atoms with E-state index in [1.807, 2.05) is 18.2 Å². The number of nitrogens with zero attached hydrogens (tertiary/aromatic N) is 1. The van der Waals surface area contributed by atoms with E-state index in [0.29, 0.717) is 11.0 Å². The Balaban J connectivity index is 2.14. The van der Waals surface area contributed by atoms with E-state index in [1.165, 1.54) is 16.7 Å². The van der Waals surface area contributed by atoms with Crippen LogP contribution in [-0.4, -0.2) is 20.3 Å². The zero-order valence-electron chi connectivity index (χ0n) is 12.4. The molecule has 0 atom stereocenters. The zero-order valence-corrected chi connectivity index (χ0v) is 12.4. The lowest BCUT2D eigenvalue weighted by molar-refractivity contribution is 0.0617. The van der Waals surface area contributed by atoms with Gasteiger partial charge in [0.05, 0.1) is 23.2 Å². The molecule has 3 aromatic rings. The highest BCUT2D eigenvalue weighted by Gasteiger charge is 2.17. The van der Waals surface area contributed by atoms with Gasteiger partial charge in [-0.05, 0) is 49.2 Å². The van der Waals surface area contributed by atoms with Crippen LogP contribution in [0, 0.1) is 5.82 Å². The molecular formula is C17H17FN2O2. The van der Waals surface area contributed by atoms with Crippen molar-refractivity contribution < 1.29 is 9.50 Å². The predicted molar refractivity (Wildman–Crippen MR) is 84.3 cm³/mol. The summed E-state index contributed by atoms with van der Waals surface area (Å²) < 4.78 is 14.5. The van der Waals surface area contributed by atoms with Gasteiger partial charge in [0.1, 0.15) is 5.82 Å². The summed E-state index contributed by atoms with van der Waals surface area (Å²) in [6, 6.07) is 11.8. The molecule has 3 rings (SSSR count). The van der Waals surface area contributed by atoms with Crippen LogP contribution in [-0.2, 0) is 6.54 Å². The Morgan fingerprint density at radius 3 is 2.41 bits per heavy atom. The molecule has 0 bridgehead atoms. The smallest absolute Gasteiger partial charge is 0.326 e. The second-order valence-electron chi connectivity index (χ2n) is 6.07. The second-order valence-corrected chi connectivity index (χ2v) is 6.07. The topological polar surface area (TPSA) is 58.0 Å². The summed E-state index contributed by atoms with van der Waals surface area (Å²) in [5.74, 6) is -0.287. The number of nitrogens with one attached hydrogen (secondary N) is 1. The van der Waals surface area contributed by atoms with Gasteiger partial charge in [-0.3, -0.25) is 4.57 Å². The summed E-state index contributed by atoms with van der Waals surface area (Å²) >= 11 is 0. The minimum atomic E-state index is -0.995. The molecule has 0 radical (unpaired) electrons. The molecule has 0 aliphatic rings. The molecule has 22 heavy (non-hydrogen) atoms. The molecule has 0 aliphatic carbocycles. The number of benzene rings is 2. The summed E-state index contributed by atoms with van der Waals surface area (Å²) in [4.78, 5) is 14.8. The maximum Gasteiger partial charge on any atom is 0.326 e. The van der Waals surface area contributed by atoms with Crippen molar-refractivity contribution in [3.8, 4) is 11.1 Å². The molecule has 0 aliphatic heterocycles. The van der Waals surface area contributed by atoms with Crippen molar-refractivity contribution >= 4 is 11.0 Å². The summed E-state index contributed by atoms with van der Waals surface area (Å²) in [5.41, 5.74) is 1.93. The standard InChI is InChI=1S/C17H17FN2O2/c1-17(2,22)10-20-15-9-12(5-8-14(15)19-16(20)21)11-3-6-13(18)7-4-11/h3-9,22H,10H2,1-2H3,(H,19,21). The van der Waals surface area contributed by atoms with Crippen LogP contribution in [0.15, 0.2) is 47.3 Å². The molecule has 1 heterocycles. The number of hydrogen-bond donors (Lipinski definition) is 2. The first-order valence-corrected chi connectivity index (χ1v) is 7.04. The van der Waals surface area contributed by atoms with Gasteiger partial charge in [0.25, 0.3) is 0 Å². The molecule has 0 fully saturated rings. The lowest BCUT2D eigenvalue weighted by atomic mass is 10.0. The van der Waals surface area contributed by atoms with Crippen molar-refractivity contribution in [3.05, 3.63) is 58.8 Å². The maximum absolute atomic E-state index is 13.0. The minimum absolute atomic E-state index is 0.193. The van der Waals surface area contributed by atoms with E-state index in [4.69, 9.17) is 0 Å². The number of H-pyrrole nitrogens is 1. The third-order valence-corrected chi connectivity index (χ3v) is 3.50. The molecule has 0 amide bonds. The molecule has 0 spiro atoms. The Labute approximate surface area is 126 Å². The summed E-state index contributed by atoms with van der Waals surface area (Å²) in [5, 5.41) is 9.97. The Bertz CT molecular complexity index is 870. The van der Waals surface area contributed by atoms with Crippen LogP contribution in [0.5, 0.6) is 0 Å². The molecule has 114 valence electrons. The van der Waals surface area contributed by atoms with E-state index < -0.39 is 5.60 Å². The number of rotatable bonds is 3. The third-order valence-electron chi connectivity index (χ3n) is 3.50. The Morgan fingerprint density at radius 1 is 1.14 bits per heavy atom. The zero-order chi connectivity index (χ0) is 15.9. The molecule has 0 saturated heterocycles. The largest absolute Gasteiger partial charge is 0.389 e. The van der Waals surface area contributed by atoms with Crippen molar-refractivity contribution in [2.75, 3.05) is 0 Å². The number of aromatic nitrogens is 2. The average molecular weight is 300 g/mol. The van der Waals surface area contributed by atoms with E-state index in [9.17, 15) is 14.3 Å². The van der Waals surface area contributed by atoms with Crippen LogP contribution in [0.3, 0.4) is 0 Å². The van der Waals surface area contributed by atoms with Crippen molar-refractivity contribution in [2.45, 2.75) is 26.0 Å². The molecule has 1 aromatic heterocycles. The molecular weight excluding hydrogens is 283 g/mol. The van der Waals surface area contributed by atoms with E-state index >= 15 is 0 Å². The molecule has 5 heteroatoms. The number of hydrogen-bond acceptors (Lipinski definition) is 2. The van der Waals surface area contributed by atoms with Crippen LogP contribution in [0.25, 0.3) is 22.2 Å². The number of halogens is 1. The Kier molecular flexibility index (Phi) is 3.37. The Morgan fingerprint density at radius 2 is 1.77 bits per heavy atom. The van der Waals surface area contributed by atoms with Gasteiger partial charge < -0.3 is 10.1 Å². The quantitative estimate of drug-likeness (QED) is 0.781. The van der Waals surface area contributed by atoms with Gasteiger partial charge in [-0.2, -0.15) is 0 Å². The highest BCUT2D eigenvalue weighted by molar-refractivity contribution is 5.82. The van der Waals surface area contributed by atoms with Crippen molar-refractivity contribution in [3.63, 3.8) is 0 Å². The van der Waals surface area contributed by atoms with Crippen LogP contribution in [0.2, 0.25) is 0 Å². The lowest BCUT2D eigenvalue weighted by Gasteiger charge is -2.17. The number of aliphatic hydroxyl groups is 1. The summed E-state index contributed by atoms with van der Waals surface area (Å²) in [6.07, 6.45) is 0. The third kappa shape index (κ3) is 2.80. The lowest BCUT2D eigenvalue weighted by Crippen LogP contribution is -2.31. The molecule has 4 nitrogen and oxygen atoms in total. The van der Waals surface area contributed by atoms with E-state index in [1.54, 1.807) is 26.0 Å². The fourth-order valence-corrected chi connectivity index (χ4v) is 2.52. The van der Waals surface area contributed by atoms with Crippen LogP contribution in [0.1, 0.15) is 13.8 Å². The fourth-order valence-electron chi connectivity index (χ4n) is 2.52. The number of imidazole rings is 1. The van der Waals surface area contributed by atoms with Gasteiger partial charge in [-0.15, -0.1) is 0 Å². The van der Waals surface area contributed by atoms with E-state index in [0.717, 1.165) is 11.1 Å². The first-order chi connectivity index (χ1) is 10.3. The van der Waals surface area contributed by atoms with Gasteiger partial charge in [-0.25, -0.2) is 9.18 Å². The van der Waals surface area contributed by atoms with E-state index in [-0.39, 0.29) is 18.1 Å². The van der Waals surface area contributed by atoms with Crippen LogP contribution < -0.4 is 5.69 Å². The SMILES string of the molecule is CC(C)(O)Cn1c(=O)[nH]c2ccc(-c3ccc(F)cc3)cc21. The summed E-state index contributed by atoms with van der Waals surface area (Å²) in [7, 11) is 0. The average Bonchev–Trinajstić information content (AvgIpc) is 2.74. The molecule has 2 N–H and O–H groups in total. The van der Waals surface area contributed by atoms with Gasteiger partial charge in [0, 0.05) is 0 Å². The highest BCUT2D eigenvalue weighted by atomic mass is 19.1.